The molecule has 1 aromatic heterocycles. The van der Waals surface area contributed by atoms with Crippen molar-refractivity contribution < 1.29 is 9.59 Å². The monoisotopic (exact) mass is 330 g/mol. The maximum Gasteiger partial charge on any atom is 0.232 e. The number of nitrogens with zero attached hydrogens (tertiary/aromatic N) is 1. The number of anilines is 1. The van der Waals surface area contributed by atoms with E-state index in [-0.39, 0.29) is 17.1 Å². The molecule has 1 N–H and O–H groups in total. The molecule has 1 aromatic rings. The summed E-state index contributed by atoms with van der Waals surface area (Å²) in [5, 5.41) is 3.74. The molecule has 1 heterocycles. The molecule has 0 aliphatic heterocycles. The van der Waals surface area contributed by atoms with E-state index in [1.54, 1.807) is 0 Å². The van der Waals surface area contributed by atoms with E-state index in [1.165, 1.54) is 30.6 Å². The molecule has 4 saturated carbocycles. The maximum absolute atomic E-state index is 13.0. The minimum atomic E-state index is -0.148. The van der Waals surface area contributed by atoms with Crippen molar-refractivity contribution in [2.24, 2.45) is 23.2 Å². The van der Waals surface area contributed by atoms with Crippen LogP contribution < -0.4 is 5.32 Å². The Balaban J connectivity index is 1.39. The van der Waals surface area contributed by atoms with Gasteiger partial charge in [-0.2, -0.15) is 0 Å². The van der Waals surface area contributed by atoms with E-state index < -0.39 is 0 Å². The molecule has 5 heteroatoms. The van der Waals surface area contributed by atoms with Crippen molar-refractivity contribution in [3.8, 4) is 0 Å². The van der Waals surface area contributed by atoms with Crippen LogP contribution in [0.4, 0.5) is 5.13 Å². The number of aryl methyl sites for hydroxylation is 1. The van der Waals surface area contributed by atoms with Crippen LogP contribution in [0.2, 0.25) is 0 Å². The lowest BCUT2D eigenvalue weighted by Gasteiger charge is -2.55. The Labute approximate surface area is 140 Å². The standard InChI is InChI=1S/C18H22N2O2S/c21-14-3-1-2-13-15(14)23-17(19-13)20-16(22)18-7-10-4-11(8-18)6-12(5-10)9-18/h10-12H,1-9H2,(H,19,20,22). The molecular weight excluding hydrogens is 308 g/mol. The highest BCUT2D eigenvalue weighted by atomic mass is 32.1. The molecule has 0 atom stereocenters. The van der Waals surface area contributed by atoms with E-state index >= 15 is 0 Å². The number of fused-ring (bicyclic) bond motifs is 1. The van der Waals surface area contributed by atoms with Gasteiger partial charge >= 0.3 is 0 Å². The minimum absolute atomic E-state index is 0.148. The number of nitrogens with one attached hydrogen (secondary N) is 1. The summed E-state index contributed by atoms with van der Waals surface area (Å²) in [5.41, 5.74) is 0.748. The van der Waals surface area contributed by atoms with E-state index in [9.17, 15) is 9.59 Å². The average Bonchev–Trinajstić information content (AvgIpc) is 2.90. The van der Waals surface area contributed by atoms with Crippen LogP contribution in [0.25, 0.3) is 0 Å². The van der Waals surface area contributed by atoms with Crippen molar-refractivity contribution in [1.29, 1.82) is 0 Å². The molecule has 122 valence electrons. The summed E-state index contributed by atoms with van der Waals surface area (Å²) in [7, 11) is 0. The molecule has 4 nitrogen and oxygen atoms in total. The van der Waals surface area contributed by atoms with Crippen LogP contribution in [0, 0.1) is 23.2 Å². The fraction of sp³-hybridized carbons (Fsp3) is 0.722. The maximum atomic E-state index is 13.0. The average molecular weight is 330 g/mol. The number of carbonyl (C=O) groups is 2. The summed E-state index contributed by atoms with van der Waals surface area (Å²) in [5.74, 6) is 2.66. The highest BCUT2D eigenvalue weighted by Gasteiger charge is 2.54. The zero-order chi connectivity index (χ0) is 15.6. The van der Waals surface area contributed by atoms with Crippen molar-refractivity contribution in [3.63, 3.8) is 0 Å². The molecule has 0 unspecified atom stereocenters. The fourth-order valence-electron chi connectivity index (χ4n) is 5.94. The van der Waals surface area contributed by atoms with Crippen LogP contribution in [0.3, 0.4) is 0 Å². The van der Waals surface area contributed by atoms with Crippen LogP contribution in [0.5, 0.6) is 0 Å². The van der Waals surface area contributed by atoms with Crippen LogP contribution in [0.15, 0.2) is 0 Å². The normalized spacial score (nSPS) is 37.7. The van der Waals surface area contributed by atoms with E-state index in [2.05, 4.69) is 10.3 Å². The van der Waals surface area contributed by atoms with Crippen molar-refractivity contribution in [2.75, 3.05) is 5.32 Å². The number of ketones is 1. The van der Waals surface area contributed by atoms with Gasteiger partial charge in [-0.15, -0.1) is 0 Å². The van der Waals surface area contributed by atoms with E-state index in [0.29, 0.717) is 11.6 Å². The molecule has 4 bridgehead atoms. The first kappa shape index (κ1) is 14.1. The summed E-state index contributed by atoms with van der Waals surface area (Å²) < 4.78 is 0. The minimum Gasteiger partial charge on any atom is -0.301 e. The molecule has 0 aromatic carbocycles. The fourth-order valence-corrected chi connectivity index (χ4v) is 6.92. The van der Waals surface area contributed by atoms with Gasteiger partial charge in [-0.1, -0.05) is 11.3 Å². The van der Waals surface area contributed by atoms with Crippen LogP contribution >= 0.6 is 11.3 Å². The van der Waals surface area contributed by atoms with Crippen molar-refractivity contribution >= 4 is 28.2 Å². The number of aromatic nitrogens is 1. The molecule has 5 aliphatic rings. The highest BCUT2D eigenvalue weighted by molar-refractivity contribution is 7.17. The van der Waals surface area contributed by atoms with Crippen LogP contribution in [0.1, 0.15) is 66.7 Å². The topological polar surface area (TPSA) is 59.1 Å². The second-order valence-electron chi connectivity index (χ2n) is 8.22. The Bertz CT molecular complexity index is 658. The van der Waals surface area contributed by atoms with Gasteiger partial charge in [0.25, 0.3) is 0 Å². The zero-order valence-electron chi connectivity index (χ0n) is 13.3. The summed E-state index contributed by atoms with van der Waals surface area (Å²) >= 11 is 1.38. The SMILES string of the molecule is O=C1CCCc2nc(NC(=O)C34CC5CC(CC(C5)C3)C4)sc21. The Kier molecular flexibility index (Phi) is 3.00. The number of hydrogen-bond acceptors (Lipinski definition) is 4. The third-order valence-corrected chi connectivity index (χ3v) is 7.56. The van der Waals surface area contributed by atoms with Gasteiger partial charge in [0.05, 0.1) is 16.0 Å². The molecule has 5 aliphatic carbocycles. The van der Waals surface area contributed by atoms with Crippen LogP contribution in [-0.4, -0.2) is 16.7 Å². The zero-order valence-corrected chi connectivity index (χ0v) is 14.1. The quantitative estimate of drug-likeness (QED) is 0.897. The molecule has 1 amide bonds. The largest absolute Gasteiger partial charge is 0.301 e. The van der Waals surface area contributed by atoms with Gasteiger partial charge in [-0.3, -0.25) is 9.59 Å². The van der Waals surface area contributed by atoms with E-state index in [0.717, 1.165) is 60.4 Å². The van der Waals surface area contributed by atoms with Gasteiger partial charge in [0.2, 0.25) is 5.91 Å². The number of rotatable bonds is 2. The van der Waals surface area contributed by atoms with Crippen LogP contribution in [-0.2, 0) is 11.2 Å². The second kappa shape index (κ2) is 4.88. The van der Waals surface area contributed by atoms with Gasteiger partial charge in [-0.25, -0.2) is 4.98 Å². The van der Waals surface area contributed by atoms with Crippen molar-refractivity contribution in [3.05, 3.63) is 10.6 Å². The van der Waals surface area contributed by atoms with Gasteiger partial charge in [0.1, 0.15) is 0 Å². The molecule has 0 spiro atoms. The number of thiazole rings is 1. The number of amides is 1. The molecule has 23 heavy (non-hydrogen) atoms. The van der Waals surface area contributed by atoms with E-state index in [4.69, 9.17) is 0 Å². The Morgan fingerprint density at radius 3 is 2.35 bits per heavy atom. The smallest absolute Gasteiger partial charge is 0.232 e. The van der Waals surface area contributed by atoms with Gasteiger partial charge in [0, 0.05) is 6.42 Å². The first-order valence-electron chi connectivity index (χ1n) is 8.96. The Morgan fingerprint density at radius 1 is 1.09 bits per heavy atom. The third-order valence-electron chi connectivity index (χ3n) is 6.51. The number of carbonyl (C=O) groups excluding carboxylic acids is 2. The summed E-state index contributed by atoms with van der Waals surface area (Å²) in [6.45, 7) is 0. The lowest BCUT2D eigenvalue weighted by molar-refractivity contribution is -0.140. The molecule has 0 radical (unpaired) electrons. The van der Waals surface area contributed by atoms with Gasteiger partial charge < -0.3 is 5.32 Å². The summed E-state index contributed by atoms with van der Waals surface area (Å²) in [4.78, 5) is 30.3. The first-order chi connectivity index (χ1) is 11.1. The Morgan fingerprint density at radius 2 is 1.74 bits per heavy atom. The predicted octanol–water partition coefficient (Wildman–Crippen LogP) is 3.82. The lowest BCUT2D eigenvalue weighted by atomic mass is 9.49. The summed E-state index contributed by atoms with van der Waals surface area (Å²) in [6, 6.07) is 0. The van der Waals surface area contributed by atoms with Gasteiger partial charge in [0.15, 0.2) is 10.9 Å². The van der Waals surface area contributed by atoms with Gasteiger partial charge in [-0.05, 0) is 69.1 Å². The highest BCUT2D eigenvalue weighted by Crippen LogP contribution is 2.60. The first-order valence-corrected chi connectivity index (χ1v) is 9.77. The number of Topliss-reactive ketones (excluding diaryl/α,β-unsaturated/α-hetero) is 1. The molecular formula is C18H22N2O2S. The molecule has 6 rings (SSSR count). The molecule has 4 fully saturated rings. The Hall–Kier alpha value is -1.23. The summed E-state index contributed by atoms with van der Waals surface area (Å²) in [6.07, 6.45) is 9.59. The number of hydrogen-bond donors (Lipinski definition) is 1. The lowest BCUT2D eigenvalue weighted by Crippen LogP contribution is -2.51. The van der Waals surface area contributed by atoms with E-state index in [1.807, 2.05) is 0 Å². The predicted molar refractivity (Wildman–Crippen MR) is 88.6 cm³/mol. The van der Waals surface area contributed by atoms with Crippen molar-refractivity contribution in [1.82, 2.24) is 4.98 Å². The van der Waals surface area contributed by atoms with Crippen molar-refractivity contribution in [2.45, 2.75) is 57.8 Å². The third kappa shape index (κ3) is 2.19. The second-order valence-corrected chi connectivity index (χ2v) is 9.22. The molecule has 0 saturated heterocycles.